The average molecular weight is 526 g/mol. The zero-order chi connectivity index (χ0) is 20.1. The largest absolute Gasteiger partial charge is 0.368 e. The Morgan fingerprint density at radius 1 is 1.17 bits per heavy atom. The number of guanidine groups is 1. The smallest absolute Gasteiger partial charge is 0.251 e. The van der Waals surface area contributed by atoms with Crippen molar-refractivity contribution in [2.24, 2.45) is 10.4 Å². The van der Waals surface area contributed by atoms with Crippen molar-refractivity contribution in [1.29, 1.82) is 0 Å². The van der Waals surface area contributed by atoms with E-state index in [0.717, 1.165) is 71.1 Å². The molecular weight excluding hydrogens is 491 g/mol. The number of rotatable bonds is 6. The molecule has 1 aliphatic carbocycles. The molecule has 4 rings (SSSR count). The van der Waals surface area contributed by atoms with E-state index in [1.54, 1.807) is 0 Å². The molecule has 0 bridgehead atoms. The van der Waals surface area contributed by atoms with E-state index in [1.165, 1.54) is 18.4 Å². The fourth-order valence-corrected chi connectivity index (χ4v) is 4.38. The Labute approximate surface area is 197 Å². The van der Waals surface area contributed by atoms with Crippen LogP contribution >= 0.6 is 24.0 Å². The van der Waals surface area contributed by atoms with Crippen molar-refractivity contribution in [1.82, 2.24) is 15.1 Å². The van der Waals surface area contributed by atoms with Gasteiger partial charge in [0.2, 0.25) is 0 Å². The lowest BCUT2D eigenvalue weighted by molar-refractivity contribution is -0.142. The molecule has 7 heteroatoms. The normalized spacial score (nSPS) is 23.1. The summed E-state index contributed by atoms with van der Waals surface area (Å²) in [7, 11) is 0. The topological polar surface area (TPSA) is 57.2 Å². The minimum absolute atomic E-state index is 0. The van der Waals surface area contributed by atoms with Gasteiger partial charge in [0.25, 0.3) is 5.91 Å². The van der Waals surface area contributed by atoms with Crippen LogP contribution < -0.4 is 5.32 Å². The molecule has 1 atom stereocenters. The standard InChI is InChI=1S/C23H34N4O2.HI/c1-2-24-22(25-18-23(10-11-23)17-19-7-4-3-5-8-19)27-14-12-26(13-15-27)21(28)20-9-6-16-29-20;/h3-5,7-8,20H,2,6,9-18H2,1H3,(H,24,25);1H. The molecule has 3 aliphatic rings. The fraction of sp³-hybridized carbons (Fsp3) is 0.652. The molecule has 0 spiro atoms. The molecule has 3 fully saturated rings. The van der Waals surface area contributed by atoms with Crippen LogP contribution in [0.1, 0.15) is 38.2 Å². The van der Waals surface area contributed by atoms with E-state index in [-0.39, 0.29) is 36.0 Å². The number of ether oxygens (including phenoxy) is 1. The van der Waals surface area contributed by atoms with Gasteiger partial charge in [0.1, 0.15) is 6.10 Å². The molecule has 0 aromatic heterocycles. The Bertz CT molecular complexity index is 709. The van der Waals surface area contributed by atoms with Crippen LogP contribution in [0.15, 0.2) is 35.3 Å². The number of nitrogens with zero attached hydrogens (tertiary/aromatic N) is 3. The number of carbonyl (C=O) groups excluding carboxylic acids is 1. The van der Waals surface area contributed by atoms with Crippen LogP contribution in [0.3, 0.4) is 0 Å². The highest BCUT2D eigenvalue weighted by molar-refractivity contribution is 14.0. The van der Waals surface area contributed by atoms with E-state index in [4.69, 9.17) is 9.73 Å². The first-order valence-electron chi connectivity index (χ1n) is 11.2. The van der Waals surface area contributed by atoms with Gasteiger partial charge in [-0.25, -0.2) is 0 Å². The van der Waals surface area contributed by atoms with Gasteiger partial charge >= 0.3 is 0 Å². The predicted molar refractivity (Wildman–Crippen MR) is 130 cm³/mol. The summed E-state index contributed by atoms with van der Waals surface area (Å²) in [6.07, 6.45) is 5.28. The zero-order valence-electron chi connectivity index (χ0n) is 18.0. The number of aliphatic imine (C=N–C) groups is 1. The highest BCUT2D eigenvalue weighted by Crippen LogP contribution is 2.48. The summed E-state index contributed by atoms with van der Waals surface area (Å²) < 4.78 is 5.57. The van der Waals surface area contributed by atoms with Gasteiger partial charge in [0, 0.05) is 45.9 Å². The molecule has 1 unspecified atom stereocenters. The van der Waals surface area contributed by atoms with Crippen LogP contribution in [0.4, 0.5) is 0 Å². The molecule has 2 saturated heterocycles. The second-order valence-electron chi connectivity index (χ2n) is 8.65. The molecule has 1 saturated carbocycles. The average Bonchev–Trinajstić information content (AvgIpc) is 3.29. The number of nitrogens with one attached hydrogen (secondary N) is 1. The Kier molecular flexibility index (Phi) is 8.39. The third-order valence-corrected chi connectivity index (χ3v) is 6.37. The molecule has 166 valence electrons. The molecule has 1 N–H and O–H groups in total. The van der Waals surface area contributed by atoms with Gasteiger partial charge in [0.15, 0.2) is 5.96 Å². The second kappa shape index (κ2) is 10.8. The van der Waals surface area contributed by atoms with E-state index in [0.29, 0.717) is 5.41 Å². The molecule has 1 amide bonds. The summed E-state index contributed by atoms with van der Waals surface area (Å²) in [5.74, 6) is 1.17. The number of piperazine rings is 1. The third kappa shape index (κ3) is 5.87. The summed E-state index contributed by atoms with van der Waals surface area (Å²) in [5, 5.41) is 3.46. The number of halogens is 1. The zero-order valence-corrected chi connectivity index (χ0v) is 20.3. The van der Waals surface area contributed by atoms with Crippen molar-refractivity contribution >= 4 is 35.8 Å². The van der Waals surface area contributed by atoms with E-state index in [1.807, 2.05) is 4.90 Å². The highest BCUT2D eigenvalue weighted by Gasteiger charge is 2.42. The van der Waals surface area contributed by atoms with Crippen molar-refractivity contribution in [3.05, 3.63) is 35.9 Å². The molecule has 30 heavy (non-hydrogen) atoms. The first kappa shape index (κ1) is 23.3. The van der Waals surface area contributed by atoms with Gasteiger partial charge in [-0.05, 0) is 50.0 Å². The summed E-state index contributed by atoms with van der Waals surface area (Å²) in [5.41, 5.74) is 1.74. The summed E-state index contributed by atoms with van der Waals surface area (Å²) in [6.45, 7) is 7.73. The number of amides is 1. The predicted octanol–water partition coefficient (Wildman–Crippen LogP) is 2.92. The van der Waals surface area contributed by atoms with E-state index in [9.17, 15) is 4.79 Å². The maximum Gasteiger partial charge on any atom is 0.251 e. The lowest BCUT2D eigenvalue weighted by Gasteiger charge is -2.37. The van der Waals surface area contributed by atoms with E-state index >= 15 is 0 Å². The molecule has 1 aromatic carbocycles. The number of carbonyl (C=O) groups is 1. The van der Waals surface area contributed by atoms with Crippen LogP contribution in [0.25, 0.3) is 0 Å². The van der Waals surface area contributed by atoms with E-state index in [2.05, 4.69) is 47.5 Å². The molecule has 2 heterocycles. The van der Waals surface area contributed by atoms with Crippen molar-refractivity contribution in [3.63, 3.8) is 0 Å². The summed E-state index contributed by atoms with van der Waals surface area (Å²) >= 11 is 0. The molecule has 1 aromatic rings. The van der Waals surface area contributed by atoms with Gasteiger partial charge in [-0.1, -0.05) is 30.3 Å². The maximum atomic E-state index is 12.6. The van der Waals surface area contributed by atoms with Crippen LogP contribution in [-0.4, -0.2) is 73.6 Å². The van der Waals surface area contributed by atoms with Crippen molar-refractivity contribution < 1.29 is 9.53 Å². The van der Waals surface area contributed by atoms with Crippen LogP contribution in [0.2, 0.25) is 0 Å². The lowest BCUT2D eigenvalue weighted by Crippen LogP contribution is -2.55. The molecule has 2 aliphatic heterocycles. The number of hydrogen-bond acceptors (Lipinski definition) is 3. The van der Waals surface area contributed by atoms with Gasteiger partial charge in [-0.15, -0.1) is 24.0 Å². The van der Waals surface area contributed by atoms with E-state index < -0.39 is 0 Å². The monoisotopic (exact) mass is 526 g/mol. The molecule has 0 radical (unpaired) electrons. The first-order valence-corrected chi connectivity index (χ1v) is 11.2. The quantitative estimate of drug-likeness (QED) is 0.352. The fourth-order valence-electron chi connectivity index (χ4n) is 4.38. The van der Waals surface area contributed by atoms with Crippen LogP contribution in [-0.2, 0) is 16.0 Å². The minimum atomic E-state index is -0.212. The highest BCUT2D eigenvalue weighted by atomic mass is 127. The van der Waals surface area contributed by atoms with Crippen LogP contribution in [0, 0.1) is 5.41 Å². The third-order valence-electron chi connectivity index (χ3n) is 6.37. The lowest BCUT2D eigenvalue weighted by atomic mass is 9.97. The number of benzene rings is 1. The first-order chi connectivity index (χ1) is 14.2. The Morgan fingerprint density at radius 2 is 1.87 bits per heavy atom. The van der Waals surface area contributed by atoms with Gasteiger partial charge in [-0.2, -0.15) is 0 Å². The van der Waals surface area contributed by atoms with Crippen LogP contribution in [0.5, 0.6) is 0 Å². The second-order valence-corrected chi connectivity index (χ2v) is 8.65. The number of hydrogen-bond donors (Lipinski definition) is 1. The molecular formula is C23H35IN4O2. The van der Waals surface area contributed by atoms with Gasteiger partial charge < -0.3 is 19.9 Å². The Balaban J connectivity index is 0.00000256. The Hall–Kier alpha value is -1.35. The maximum absolute atomic E-state index is 12.6. The SMILES string of the molecule is CCNC(=NCC1(Cc2ccccc2)CC1)N1CCN(C(=O)C2CCCO2)CC1.I. The van der Waals surface area contributed by atoms with Crippen molar-refractivity contribution in [3.8, 4) is 0 Å². The minimum Gasteiger partial charge on any atom is -0.368 e. The summed E-state index contributed by atoms with van der Waals surface area (Å²) in [4.78, 5) is 21.9. The van der Waals surface area contributed by atoms with Gasteiger partial charge in [0.05, 0.1) is 0 Å². The van der Waals surface area contributed by atoms with Gasteiger partial charge in [-0.3, -0.25) is 9.79 Å². The van der Waals surface area contributed by atoms with Crippen molar-refractivity contribution in [2.45, 2.75) is 45.1 Å². The summed E-state index contributed by atoms with van der Waals surface area (Å²) in [6, 6.07) is 10.8. The van der Waals surface area contributed by atoms with Crippen molar-refractivity contribution in [2.75, 3.05) is 45.9 Å². The molecule has 6 nitrogen and oxygen atoms in total. The Morgan fingerprint density at radius 3 is 2.47 bits per heavy atom.